The van der Waals surface area contributed by atoms with Gasteiger partial charge in [0.1, 0.15) is 0 Å². The van der Waals surface area contributed by atoms with Crippen molar-refractivity contribution in [2.24, 2.45) is 5.92 Å². The summed E-state index contributed by atoms with van der Waals surface area (Å²) in [5, 5.41) is 0. The first-order valence-electron chi connectivity index (χ1n) is 6.00. The molecule has 1 rings (SSSR count). The Labute approximate surface area is 97.4 Å². The van der Waals surface area contributed by atoms with Gasteiger partial charge in [-0.05, 0) is 32.9 Å². The third kappa shape index (κ3) is 4.19. The standard InChI is InChI=1S/C12H20N2O2/c1-3-16-12(15)11-5-9-14(10-6-11)8-4-7-13-2/h11H,3-10H2,1H3. The van der Waals surface area contributed by atoms with Gasteiger partial charge in [0.2, 0.25) is 6.54 Å². The summed E-state index contributed by atoms with van der Waals surface area (Å²) in [5.74, 6) is 0.0559. The largest absolute Gasteiger partial charge is 0.466 e. The number of nitrogens with zero attached hydrogens (tertiary/aromatic N) is 2. The van der Waals surface area contributed by atoms with Gasteiger partial charge in [0.05, 0.1) is 12.5 Å². The molecule has 1 heterocycles. The molecule has 1 saturated heterocycles. The van der Waals surface area contributed by atoms with Crippen LogP contribution in [0.25, 0.3) is 4.85 Å². The van der Waals surface area contributed by atoms with E-state index in [9.17, 15) is 4.79 Å². The van der Waals surface area contributed by atoms with Crippen LogP contribution in [-0.4, -0.2) is 43.7 Å². The molecule has 0 bridgehead atoms. The van der Waals surface area contributed by atoms with Crippen LogP contribution in [0.15, 0.2) is 0 Å². The van der Waals surface area contributed by atoms with Gasteiger partial charge in [-0.25, -0.2) is 6.57 Å². The van der Waals surface area contributed by atoms with Gasteiger partial charge < -0.3 is 14.5 Å². The fraction of sp³-hybridized carbons (Fsp3) is 0.833. The molecular formula is C12H20N2O2. The molecule has 0 spiro atoms. The fourth-order valence-corrected chi connectivity index (χ4v) is 2.03. The van der Waals surface area contributed by atoms with Crippen LogP contribution in [-0.2, 0) is 9.53 Å². The molecule has 0 saturated carbocycles. The highest BCUT2D eigenvalue weighted by atomic mass is 16.5. The van der Waals surface area contributed by atoms with Crippen molar-refractivity contribution in [2.45, 2.75) is 26.2 Å². The molecule has 0 atom stereocenters. The average molecular weight is 224 g/mol. The minimum absolute atomic E-state index is 0.0386. The van der Waals surface area contributed by atoms with Gasteiger partial charge in [-0.15, -0.1) is 0 Å². The molecule has 0 radical (unpaired) electrons. The normalized spacial score (nSPS) is 18.0. The van der Waals surface area contributed by atoms with E-state index in [1.165, 1.54) is 0 Å². The fourth-order valence-electron chi connectivity index (χ4n) is 2.03. The zero-order chi connectivity index (χ0) is 11.8. The summed E-state index contributed by atoms with van der Waals surface area (Å²) < 4.78 is 5.02. The van der Waals surface area contributed by atoms with E-state index in [4.69, 9.17) is 11.3 Å². The average Bonchev–Trinajstić information content (AvgIpc) is 2.30. The summed E-state index contributed by atoms with van der Waals surface area (Å²) in [4.78, 5) is 17.2. The smallest absolute Gasteiger partial charge is 0.309 e. The molecule has 1 aliphatic heterocycles. The molecule has 0 aromatic carbocycles. The maximum absolute atomic E-state index is 11.5. The summed E-state index contributed by atoms with van der Waals surface area (Å²) >= 11 is 0. The highest BCUT2D eigenvalue weighted by molar-refractivity contribution is 5.72. The minimum atomic E-state index is -0.0386. The van der Waals surface area contributed by atoms with E-state index in [0.29, 0.717) is 13.2 Å². The van der Waals surface area contributed by atoms with E-state index < -0.39 is 0 Å². The van der Waals surface area contributed by atoms with Crippen LogP contribution < -0.4 is 0 Å². The lowest BCUT2D eigenvalue weighted by Gasteiger charge is -2.30. The van der Waals surface area contributed by atoms with Crippen LogP contribution in [0.1, 0.15) is 26.2 Å². The third-order valence-corrected chi connectivity index (χ3v) is 2.95. The van der Waals surface area contributed by atoms with Crippen molar-refractivity contribution >= 4 is 5.97 Å². The second-order valence-electron chi connectivity index (χ2n) is 4.10. The first-order valence-corrected chi connectivity index (χ1v) is 6.00. The Morgan fingerprint density at radius 2 is 2.19 bits per heavy atom. The predicted octanol–water partition coefficient (Wildman–Crippen LogP) is 1.57. The van der Waals surface area contributed by atoms with Crippen LogP contribution >= 0.6 is 0 Å². The number of hydrogen-bond acceptors (Lipinski definition) is 3. The second kappa shape index (κ2) is 7.24. The zero-order valence-corrected chi connectivity index (χ0v) is 9.95. The van der Waals surface area contributed by atoms with Crippen LogP contribution in [0.4, 0.5) is 0 Å². The van der Waals surface area contributed by atoms with Crippen LogP contribution in [0.5, 0.6) is 0 Å². The lowest BCUT2D eigenvalue weighted by Crippen LogP contribution is -2.37. The number of esters is 1. The molecule has 16 heavy (non-hydrogen) atoms. The highest BCUT2D eigenvalue weighted by Crippen LogP contribution is 2.18. The van der Waals surface area contributed by atoms with Gasteiger partial charge in [0.25, 0.3) is 0 Å². The molecule has 0 N–H and O–H groups in total. The molecule has 4 nitrogen and oxygen atoms in total. The molecule has 1 aliphatic rings. The first-order chi connectivity index (χ1) is 7.77. The maximum atomic E-state index is 11.5. The van der Waals surface area contributed by atoms with Crippen molar-refractivity contribution in [2.75, 3.05) is 32.8 Å². The van der Waals surface area contributed by atoms with Gasteiger partial charge in [-0.2, -0.15) is 0 Å². The lowest BCUT2D eigenvalue weighted by molar-refractivity contribution is -0.149. The van der Waals surface area contributed by atoms with E-state index in [1.807, 2.05) is 6.92 Å². The van der Waals surface area contributed by atoms with E-state index >= 15 is 0 Å². The maximum Gasteiger partial charge on any atom is 0.309 e. The minimum Gasteiger partial charge on any atom is -0.466 e. The van der Waals surface area contributed by atoms with Gasteiger partial charge in [0.15, 0.2) is 0 Å². The number of piperidine rings is 1. The van der Waals surface area contributed by atoms with E-state index in [-0.39, 0.29) is 11.9 Å². The molecule has 0 amide bonds. The van der Waals surface area contributed by atoms with Crippen molar-refractivity contribution in [1.29, 1.82) is 0 Å². The Kier molecular flexibility index (Phi) is 5.87. The molecular weight excluding hydrogens is 204 g/mol. The SMILES string of the molecule is [C-]#[N+]CCCN1CCC(C(=O)OCC)CC1. The Balaban J connectivity index is 2.18. The third-order valence-electron chi connectivity index (χ3n) is 2.95. The van der Waals surface area contributed by atoms with Crippen molar-refractivity contribution in [3.05, 3.63) is 11.4 Å². The second-order valence-corrected chi connectivity index (χ2v) is 4.10. The van der Waals surface area contributed by atoms with Crippen molar-refractivity contribution < 1.29 is 9.53 Å². The molecule has 0 aromatic rings. The number of likely N-dealkylation sites (tertiary alicyclic amines) is 1. The Hall–Kier alpha value is -1.08. The number of rotatable bonds is 5. The predicted molar refractivity (Wildman–Crippen MR) is 61.9 cm³/mol. The first kappa shape index (κ1) is 13.0. The van der Waals surface area contributed by atoms with Crippen molar-refractivity contribution in [3.8, 4) is 0 Å². The van der Waals surface area contributed by atoms with Crippen molar-refractivity contribution in [1.82, 2.24) is 4.90 Å². The lowest BCUT2D eigenvalue weighted by atomic mass is 9.97. The molecule has 0 aliphatic carbocycles. The van der Waals surface area contributed by atoms with Crippen LogP contribution in [0.2, 0.25) is 0 Å². The Bertz CT molecular complexity index is 252. The Morgan fingerprint density at radius 1 is 1.50 bits per heavy atom. The molecule has 0 aromatic heterocycles. The Morgan fingerprint density at radius 3 is 2.75 bits per heavy atom. The van der Waals surface area contributed by atoms with Gasteiger partial charge >= 0.3 is 5.97 Å². The van der Waals surface area contributed by atoms with Crippen LogP contribution in [0, 0.1) is 12.5 Å². The monoisotopic (exact) mass is 224 g/mol. The number of ether oxygens (including phenoxy) is 1. The summed E-state index contributed by atoms with van der Waals surface area (Å²) in [6, 6.07) is 0. The van der Waals surface area contributed by atoms with Gasteiger partial charge in [-0.1, -0.05) is 0 Å². The van der Waals surface area contributed by atoms with E-state index in [0.717, 1.165) is 38.9 Å². The van der Waals surface area contributed by atoms with Gasteiger partial charge in [0, 0.05) is 13.0 Å². The zero-order valence-electron chi connectivity index (χ0n) is 9.95. The summed E-state index contributed by atoms with van der Waals surface area (Å²) in [6.45, 7) is 12.5. The number of hydrogen-bond donors (Lipinski definition) is 0. The summed E-state index contributed by atoms with van der Waals surface area (Å²) in [5.41, 5.74) is 0. The number of carbonyl (C=O) groups excluding carboxylic acids is 1. The molecule has 1 fully saturated rings. The molecule has 4 heteroatoms. The molecule has 90 valence electrons. The van der Waals surface area contributed by atoms with E-state index in [2.05, 4.69) is 9.74 Å². The topological polar surface area (TPSA) is 33.9 Å². The quantitative estimate of drug-likeness (QED) is 0.404. The van der Waals surface area contributed by atoms with E-state index in [1.54, 1.807) is 0 Å². The summed E-state index contributed by atoms with van der Waals surface area (Å²) in [7, 11) is 0. The summed E-state index contributed by atoms with van der Waals surface area (Å²) in [6.07, 6.45) is 2.74. The highest BCUT2D eigenvalue weighted by Gasteiger charge is 2.25. The van der Waals surface area contributed by atoms with Crippen LogP contribution in [0.3, 0.4) is 0 Å². The number of carbonyl (C=O) groups is 1. The van der Waals surface area contributed by atoms with Crippen molar-refractivity contribution in [3.63, 3.8) is 0 Å². The van der Waals surface area contributed by atoms with Gasteiger partial charge in [-0.3, -0.25) is 4.79 Å². The molecule has 0 unspecified atom stereocenters.